The van der Waals surface area contributed by atoms with Crippen molar-refractivity contribution in [2.75, 3.05) is 0 Å². The van der Waals surface area contributed by atoms with E-state index >= 15 is 0 Å². The van der Waals surface area contributed by atoms with Crippen molar-refractivity contribution in [2.24, 2.45) is 35.5 Å². The topological polar surface area (TPSA) is 39.2 Å². The maximum Gasteiger partial charge on any atom is 0.309 e. The normalized spacial score (nSPS) is 35.7. The molecular formula is C27H31NO2. The molecule has 1 aromatic heterocycles. The third-order valence-electron chi connectivity index (χ3n) is 7.79. The number of nitrogens with zero attached hydrogens (tertiary/aromatic N) is 1. The molecule has 1 saturated heterocycles. The van der Waals surface area contributed by atoms with E-state index in [1.54, 1.807) is 0 Å². The summed E-state index contributed by atoms with van der Waals surface area (Å²) < 4.78 is 5.70. The predicted molar refractivity (Wildman–Crippen MR) is 119 cm³/mol. The minimum absolute atomic E-state index is 0.0193. The SMILES string of the molecule is C[C@@H]1CC[C@H]2C(/C=C/c3ccc(-c4ccccc4)cn3)[C@@H]3[C@@H](C)OC(=O)[C@@H]3C[C@@H]2C1. The molecule has 3 nitrogen and oxygen atoms in total. The molecule has 2 saturated carbocycles. The molecule has 3 heteroatoms. The third kappa shape index (κ3) is 3.59. The van der Waals surface area contributed by atoms with Gasteiger partial charge in [0.1, 0.15) is 6.10 Å². The molecule has 30 heavy (non-hydrogen) atoms. The van der Waals surface area contributed by atoms with Crippen molar-refractivity contribution in [3.8, 4) is 11.1 Å². The summed E-state index contributed by atoms with van der Waals surface area (Å²) in [4.78, 5) is 17.2. The lowest BCUT2D eigenvalue weighted by atomic mass is 9.56. The number of hydrogen-bond donors (Lipinski definition) is 0. The number of esters is 1. The first-order valence-corrected chi connectivity index (χ1v) is 11.5. The van der Waals surface area contributed by atoms with Crippen molar-refractivity contribution in [3.63, 3.8) is 0 Å². The number of ether oxygens (including phenoxy) is 1. The summed E-state index contributed by atoms with van der Waals surface area (Å²) >= 11 is 0. The number of allylic oxidation sites excluding steroid dienone is 1. The number of pyridine rings is 1. The molecule has 0 radical (unpaired) electrons. The first kappa shape index (κ1) is 19.5. The number of rotatable bonds is 3. The first-order valence-electron chi connectivity index (χ1n) is 11.5. The van der Waals surface area contributed by atoms with Gasteiger partial charge in [-0.1, -0.05) is 55.8 Å². The van der Waals surface area contributed by atoms with Crippen LogP contribution in [0.25, 0.3) is 17.2 Å². The van der Waals surface area contributed by atoms with Crippen molar-refractivity contribution in [1.82, 2.24) is 4.98 Å². The van der Waals surface area contributed by atoms with Crippen LogP contribution >= 0.6 is 0 Å². The van der Waals surface area contributed by atoms with Gasteiger partial charge in [0.15, 0.2) is 0 Å². The lowest BCUT2D eigenvalue weighted by molar-refractivity contribution is -0.144. The molecule has 0 N–H and O–H groups in total. The van der Waals surface area contributed by atoms with Gasteiger partial charge in [-0.05, 0) is 67.6 Å². The van der Waals surface area contributed by atoms with E-state index in [0.29, 0.717) is 23.7 Å². The quantitative estimate of drug-likeness (QED) is 0.591. The lowest BCUT2D eigenvalue weighted by Crippen LogP contribution is -2.43. The first-order chi connectivity index (χ1) is 14.6. The van der Waals surface area contributed by atoms with Gasteiger partial charge in [-0.3, -0.25) is 9.78 Å². The zero-order valence-electron chi connectivity index (χ0n) is 17.9. The largest absolute Gasteiger partial charge is 0.462 e. The molecule has 5 rings (SSSR count). The van der Waals surface area contributed by atoms with Crippen molar-refractivity contribution in [1.29, 1.82) is 0 Å². The number of cyclic esters (lactones) is 1. The van der Waals surface area contributed by atoms with Crippen molar-refractivity contribution in [3.05, 3.63) is 60.4 Å². The Balaban J connectivity index is 1.39. The highest BCUT2D eigenvalue weighted by molar-refractivity contribution is 5.75. The summed E-state index contributed by atoms with van der Waals surface area (Å²) in [6.07, 6.45) is 11.3. The third-order valence-corrected chi connectivity index (χ3v) is 7.79. The predicted octanol–water partition coefficient (Wildman–Crippen LogP) is 6.01. The fourth-order valence-corrected chi connectivity index (χ4v) is 6.37. The Kier molecular flexibility index (Phi) is 5.22. The molecule has 7 atom stereocenters. The standard InChI is InChI=1S/C27H31NO2/c1-17-8-12-23-21(14-17)15-25-26(18(2)30-27(25)29)24(23)13-11-22-10-9-20(16-28-22)19-6-4-3-5-7-19/h3-7,9-11,13,16-18,21,23-26H,8,12,14-15H2,1-2H3/b13-11+/t17-,18-,21+,23-,24?,25-,26+/m1/s1. The summed E-state index contributed by atoms with van der Waals surface area (Å²) in [5.74, 6) is 2.91. The molecule has 2 heterocycles. The van der Waals surface area contributed by atoms with Gasteiger partial charge >= 0.3 is 5.97 Å². The smallest absolute Gasteiger partial charge is 0.309 e. The van der Waals surface area contributed by atoms with E-state index in [2.05, 4.69) is 62.4 Å². The Bertz CT molecular complexity index is 920. The summed E-state index contributed by atoms with van der Waals surface area (Å²) in [5.41, 5.74) is 3.30. The van der Waals surface area contributed by atoms with E-state index in [-0.39, 0.29) is 18.0 Å². The van der Waals surface area contributed by atoms with E-state index in [9.17, 15) is 4.79 Å². The Morgan fingerprint density at radius 2 is 1.83 bits per heavy atom. The maximum atomic E-state index is 12.5. The molecule has 1 aliphatic heterocycles. The Labute approximate surface area is 179 Å². The Hall–Kier alpha value is -2.42. The highest BCUT2D eigenvalue weighted by atomic mass is 16.6. The molecule has 1 aromatic carbocycles. The van der Waals surface area contributed by atoms with Crippen LogP contribution in [0.4, 0.5) is 0 Å². The van der Waals surface area contributed by atoms with Crippen LogP contribution in [0.1, 0.15) is 45.2 Å². The van der Waals surface area contributed by atoms with Gasteiger partial charge in [0.05, 0.1) is 11.6 Å². The second-order valence-electron chi connectivity index (χ2n) is 9.68. The van der Waals surface area contributed by atoms with Gasteiger partial charge in [0, 0.05) is 17.7 Å². The van der Waals surface area contributed by atoms with Gasteiger partial charge in [-0.25, -0.2) is 0 Å². The number of fused-ring (bicyclic) bond motifs is 2. The second-order valence-corrected chi connectivity index (χ2v) is 9.68. The van der Waals surface area contributed by atoms with Crippen molar-refractivity contribution >= 4 is 12.0 Å². The average molecular weight is 402 g/mol. The highest BCUT2D eigenvalue weighted by Gasteiger charge is 2.54. The lowest BCUT2D eigenvalue weighted by Gasteiger charge is -2.47. The number of hydrogen-bond acceptors (Lipinski definition) is 3. The van der Waals surface area contributed by atoms with Crippen molar-refractivity contribution < 1.29 is 9.53 Å². The van der Waals surface area contributed by atoms with Crippen LogP contribution in [-0.4, -0.2) is 17.1 Å². The van der Waals surface area contributed by atoms with Gasteiger partial charge in [-0.2, -0.15) is 0 Å². The summed E-state index contributed by atoms with van der Waals surface area (Å²) in [5, 5.41) is 0. The highest BCUT2D eigenvalue weighted by Crippen LogP contribution is 2.54. The second kappa shape index (κ2) is 8.02. The van der Waals surface area contributed by atoms with Crippen LogP contribution in [0.3, 0.4) is 0 Å². The van der Waals surface area contributed by atoms with E-state index in [1.807, 2.05) is 12.3 Å². The minimum atomic E-state index is 0.0193. The van der Waals surface area contributed by atoms with E-state index in [4.69, 9.17) is 9.72 Å². The van der Waals surface area contributed by atoms with Gasteiger partial charge in [0.25, 0.3) is 0 Å². The zero-order chi connectivity index (χ0) is 20.7. The summed E-state index contributed by atoms with van der Waals surface area (Å²) in [6.45, 7) is 4.45. The molecule has 3 fully saturated rings. The number of aromatic nitrogens is 1. The molecule has 0 spiro atoms. The number of benzene rings is 1. The summed E-state index contributed by atoms with van der Waals surface area (Å²) in [6, 6.07) is 14.6. The van der Waals surface area contributed by atoms with Gasteiger partial charge in [-0.15, -0.1) is 0 Å². The Morgan fingerprint density at radius 1 is 1.00 bits per heavy atom. The average Bonchev–Trinajstić information content (AvgIpc) is 3.05. The molecule has 2 aliphatic carbocycles. The summed E-state index contributed by atoms with van der Waals surface area (Å²) in [7, 11) is 0. The monoisotopic (exact) mass is 401 g/mol. The van der Waals surface area contributed by atoms with Crippen LogP contribution in [0.2, 0.25) is 0 Å². The van der Waals surface area contributed by atoms with E-state index in [0.717, 1.165) is 23.6 Å². The van der Waals surface area contributed by atoms with Crippen molar-refractivity contribution in [2.45, 2.75) is 45.6 Å². The molecule has 3 aliphatic rings. The van der Waals surface area contributed by atoms with Crippen LogP contribution < -0.4 is 0 Å². The van der Waals surface area contributed by atoms with Gasteiger partial charge < -0.3 is 4.74 Å². The van der Waals surface area contributed by atoms with Crippen LogP contribution in [0, 0.1) is 35.5 Å². The van der Waals surface area contributed by atoms with E-state index in [1.165, 1.54) is 24.8 Å². The zero-order valence-corrected chi connectivity index (χ0v) is 17.9. The van der Waals surface area contributed by atoms with Crippen LogP contribution in [-0.2, 0) is 9.53 Å². The molecule has 0 bridgehead atoms. The number of carbonyl (C=O) groups excluding carboxylic acids is 1. The molecule has 156 valence electrons. The Morgan fingerprint density at radius 3 is 2.60 bits per heavy atom. The molecule has 0 amide bonds. The minimum Gasteiger partial charge on any atom is -0.462 e. The molecule has 1 unspecified atom stereocenters. The fraction of sp³-hybridized carbons (Fsp3) is 0.481. The van der Waals surface area contributed by atoms with Crippen LogP contribution in [0.5, 0.6) is 0 Å². The van der Waals surface area contributed by atoms with E-state index < -0.39 is 0 Å². The molecule has 2 aromatic rings. The maximum absolute atomic E-state index is 12.5. The number of carbonyl (C=O) groups is 1. The van der Waals surface area contributed by atoms with Gasteiger partial charge in [0.2, 0.25) is 0 Å². The molecular weight excluding hydrogens is 370 g/mol. The van der Waals surface area contributed by atoms with Crippen LogP contribution in [0.15, 0.2) is 54.7 Å². The fourth-order valence-electron chi connectivity index (χ4n) is 6.37.